The van der Waals surface area contributed by atoms with Gasteiger partial charge in [0.1, 0.15) is 0 Å². The van der Waals surface area contributed by atoms with Gasteiger partial charge in [0.2, 0.25) is 0 Å². The molecule has 2 aliphatic rings. The number of benzene rings is 1. The van der Waals surface area contributed by atoms with Gasteiger partial charge in [0.05, 0.1) is 10.7 Å². The Balaban J connectivity index is 1.70. The minimum Gasteiger partial charge on any atom is -0.368 e. The molecule has 1 aromatic rings. The van der Waals surface area contributed by atoms with Gasteiger partial charge in [-0.2, -0.15) is 0 Å². The summed E-state index contributed by atoms with van der Waals surface area (Å²) in [5.41, 5.74) is 2.51. The van der Waals surface area contributed by atoms with Gasteiger partial charge in [0, 0.05) is 25.2 Å². The minimum absolute atomic E-state index is 0.613. The summed E-state index contributed by atoms with van der Waals surface area (Å²) >= 11 is 6.49. The molecule has 1 heterocycles. The van der Waals surface area contributed by atoms with E-state index in [-0.39, 0.29) is 0 Å². The summed E-state index contributed by atoms with van der Waals surface area (Å²) in [6, 6.07) is 7.92. The summed E-state index contributed by atoms with van der Waals surface area (Å²) in [4.78, 5) is 2.46. The molecule has 19 heavy (non-hydrogen) atoms. The lowest BCUT2D eigenvalue weighted by Crippen LogP contribution is -2.37. The van der Waals surface area contributed by atoms with Gasteiger partial charge < -0.3 is 10.2 Å². The Kier molecular flexibility index (Phi) is 3.99. The zero-order valence-corrected chi connectivity index (χ0v) is 12.4. The van der Waals surface area contributed by atoms with Crippen molar-refractivity contribution in [3.8, 4) is 0 Å². The van der Waals surface area contributed by atoms with Crippen molar-refractivity contribution in [2.45, 2.75) is 57.7 Å². The van der Waals surface area contributed by atoms with Crippen LogP contribution in [0, 0.1) is 0 Å². The maximum absolute atomic E-state index is 6.49. The van der Waals surface area contributed by atoms with E-state index in [9.17, 15) is 0 Å². The van der Waals surface area contributed by atoms with E-state index in [1.807, 2.05) is 0 Å². The average Bonchev–Trinajstić information content (AvgIpc) is 3.22. The molecule has 104 valence electrons. The van der Waals surface area contributed by atoms with Crippen LogP contribution < -0.4 is 10.2 Å². The van der Waals surface area contributed by atoms with Gasteiger partial charge in [-0.25, -0.2) is 0 Å². The molecule has 1 atom stereocenters. The molecule has 3 heteroatoms. The number of piperidine rings is 1. The van der Waals surface area contributed by atoms with Crippen LogP contribution in [0.4, 0.5) is 5.69 Å². The summed E-state index contributed by atoms with van der Waals surface area (Å²) in [7, 11) is 0. The Morgan fingerprint density at radius 1 is 1.26 bits per heavy atom. The fraction of sp³-hybridized carbons (Fsp3) is 0.625. The van der Waals surface area contributed by atoms with Gasteiger partial charge in [-0.15, -0.1) is 0 Å². The predicted octanol–water partition coefficient (Wildman–Crippen LogP) is 3.97. The molecule has 0 amide bonds. The molecule has 1 aliphatic heterocycles. The number of nitrogens with zero attached hydrogens (tertiary/aromatic N) is 1. The van der Waals surface area contributed by atoms with Crippen molar-refractivity contribution in [3.63, 3.8) is 0 Å². The van der Waals surface area contributed by atoms with Crippen molar-refractivity contribution in [2.24, 2.45) is 0 Å². The first-order valence-electron chi connectivity index (χ1n) is 7.52. The van der Waals surface area contributed by atoms with E-state index in [0.717, 1.165) is 24.2 Å². The van der Waals surface area contributed by atoms with E-state index in [0.29, 0.717) is 6.04 Å². The first-order chi connectivity index (χ1) is 9.24. The SMILES string of the molecule is CC1CCCCN1c1ccc(CNC2CC2)cc1Cl. The Hall–Kier alpha value is -0.730. The van der Waals surface area contributed by atoms with Crippen molar-refractivity contribution in [1.82, 2.24) is 5.32 Å². The molecular formula is C16H23ClN2. The second kappa shape index (κ2) is 5.72. The van der Waals surface area contributed by atoms with E-state index >= 15 is 0 Å². The molecular weight excluding hydrogens is 256 g/mol. The van der Waals surface area contributed by atoms with Crippen LogP contribution in [0.5, 0.6) is 0 Å². The zero-order chi connectivity index (χ0) is 13.2. The van der Waals surface area contributed by atoms with Crippen LogP contribution in [-0.2, 0) is 6.54 Å². The van der Waals surface area contributed by atoms with Crippen LogP contribution in [0.15, 0.2) is 18.2 Å². The standard InChI is InChI=1S/C16H23ClN2/c1-12-4-2-3-9-19(12)16-8-5-13(10-15(16)17)11-18-14-6-7-14/h5,8,10,12,14,18H,2-4,6-7,9,11H2,1H3. The molecule has 1 saturated carbocycles. The Labute approximate surface area is 121 Å². The number of nitrogens with one attached hydrogen (secondary N) is 1. The average molecular weight is 279 g/mol. The van der Waals surface area contributed by atoms with Crippen LogP contribution >= 0.6 is 11.6 Å². The van der Waals surface area contributed by atoms with Gasteiger partial charge in [0.25, 0.3) is 0 Å². The minimum atomic E-state index is 0.613. The number of hydrogen-bond donors (Lipinski definition) is 1. The molecule has 1 N–H and O–H groups in total. The number of rotatable bonds is 4. The number of anilines is 1. The summed E-state index contributed by atoms with van der Waals surface area (Å²) in [6.07, 6.45) is 6.57. The van der Waals surface area contributed by atoms with Crippen LogP contribution in [0.25, 0.3) is 0 Å². The third-order valence-electron chi connectivity index (χ3n) is 4.30. The largest absolute Gasteiger partial charge is 0.368 e. The predicted molar refractivity (Wildman–Crippen MR) is 82.0 cm³/mol. The third kappa shape index (κ3) is 3.24. The van der Waals surface area contributed by atoms with Gasteiger partial charge in [-0.3, -0.25) is 0 Å². The first kappa shape index (κ1) is 13.3. The van der Waals surface area contributed by atoms with Crippen LogP contribution in [0.3, 0.4) is 0 Å². The number of halogens is 1. The summed E-state index contributed by atoms with van der Waals surface area (Å²) in [6.45, 7) is 4.39. The van der Waals surface area contributed by atoms with Gasteiger partial charge >= 0.3 is 0 Å². The first-order valence-corrected chi connectivity index (χ1v) is 7.90. The van der Waals surface area contributed by atoms with Crippen LogP contribution in [0.2, 0.25) is 5.02 Å². The lowest BCUT2D eigenvalue weighted by atomic mass is 10.0. The Morgan fingerprint density at radius 2 is 2.11 bits per heavy atom. The van der Waals surface area contributed by atoms with Crippen molar-refractivity contribution in [3.05, 3.63) is 28.8 Å². The molecule has 1 aliphatic carbocycles. The lowest BCUT2D eigenvalue weighted by Gasteiger charge is -2.36. The van der Waals surface area contributed by atoms with E-state index in [1.54, 1.807) is 0 Å². The third-order valence-corrected chi connectivity index (χ3v) is 4.60. The van der Waals surface area contributed by atoms with Gasteiger partial charge in [-0.1, -0.05) is 17.7 Å². The van der Waals surface area contributed by atoms with Crippen molar-refractivity contribution >= 4 is 17.3 Å². The molecule has 2 fully saturated rings. The molecule has 3 rings (SSSR count). The van der Waals surface area contributed by atoms with Gasteiger partial charge in [0.15, 0.2) is 0 Å². The molecule has 1 aromatic carbocycles. The highest BCUT2D eigenvalue weighted by molar-refractivity contribution is 6.33. The fourth-order valence-corrected chi connectivity index (χ4v) is 3.21. The van der Waals surface area contributed by atoms with Crippen LogP contribution in [0.1, 0.15) is 44.6 Å². The Morgan fingerprint density at radius 3 is 2.79 bits per heavy atom. The molecule has 0 bridgehead atoms. The highest BCUT2D eigenvalue weighted by Gasteiger charge is 2.22. The summed E-state index contributed by atoms with van der Waals surface area (Å²) in [5.74, 6) is 0. The topological polar surface area (TPSA) is 15.3 Å². The number of hydrogen-bond acceptors (Lipinski definition) is 2. The van der Waals surface area contributed by atoms with E-state index < -0.39 is 0 Å². The zero-order valence-electron chi connectivity index (χ0n) is 11.7. The smallest absolute Gasteiger partial charge is 0.0642 e. The fourth-order valence-electron chi connectivity index (χ4n) is 2.90. The van der Waals surface area contributed by atoms with Crippen molar-refractivity contribution in [2.75, 3.05) is 11.4 Å². The Bertz CT molecular complexity index is 442. The van der Waals surface area contributed by atoms with Gasteiger partial charge in [-0.05, 0) is 56.7 Å². The lowest BCUT2D eigenvalue weighted by molar-refractivity contribution is 0.485. The molecule has 0 spiro atoms. The maximum atomic E-state index is 6.49. The second-order valence-corrected chi connectivity index (χ2v) is 6.39. The molecule has 2 nitrogen and oxygen atoms in total. The van der Waals surface area contributed by atoms with Crippen molar-refractivity contribution in [1.29, 1.82) is 0 Å². The normalized spacial score (nSPS) is 23.7. The summed E-state index contributed by atoms with van der Waals surface area (Å²) < 4.78 is 0. The summed E-state index contributed by atoms with van der Waals surface area (Å²) in [5, 5.41) is 4.44. The van der Waals surface area contributed by atoms with E-state index in [4.69, 9.17) is 11.6 Å². The van der Waals surface area contributed by atoms with E-state index in [2.05, 4.69) is 35.3 Å². The molecule has 1 saturated heterocycles. The molecule has 1 unspecified atom stereocenters. The van der Waals surface area contributed by atoms with Crippen LogP contribution in [-0.4, -0.2) is 18.6 Å². The van der Waals surface area contributed by atoms with E-state index in [1.165, 1.54) is 43.4 Å². The monoisotopic (exact) mass is 278 g/mol. The quantitative estimate of drug-likeness (QED) is 0.896. The second-order valence-electron chi connectivity index (χ2n) is 5.98. The highest BCUT2D eigenvalue weighted by Crippen LogP contribution is 2.32. The maximum Gasteiger partial charge on any atom is 0.0642 e. The molecule has 0 radical (unpaired) electrons. The van der Waals surface area contributed by atoms with Crippen molar-refractivity contribution < 1.29 is 0 Å². The molecule has 0 aromatic heterocycles. The highest BCUT2D eigenvalue weighted by atomic mass is 35.5.